The van der Waals surface area contributed by atoms with Crippen LogP contribution in [0.5, 0.6) is 0 Å². The van der Waals surface area contributed by atoms with Crippen molar-refractivity contribution in [1.29, 1.82) is 5.26 Å². The number of nitriles is 1. The molecule has 1 amide bonds. The molecule has 0 atom stereocenters. The van der Waals surface area contributed by atoms with Gasteiger partial charge in [-0.3, -0.25) is 4.79 Å². The Kier molecular flexibility index (Phi) is 2.96. The lowest BCUT2D eigenvalue weighted by molar-refractivity contribution is 0.0997. The molecule has 2 N–H and O–H groups in total. The Labute approximate surface area is 91.2 Å². The molecule has 0 aliphatic heterocycles. The first-order valence-corrected chi connectivity index (χ1v) is 5.90. The second-order valence-corrected chi connectivity index (χ2v) is 5.06. The molecule has 1 rings (SSSR count). The molecule has 0 aliphatic rings. The van der Waals surface area contributed by atoms with Gasteiger partial charge >= 0.3 is 0 Å². The Balaban J connectivity index is 3.70. The summed E-state index contributed by atoms with van der Waals surface area (Å²) in [5.74, 6) is -2.04. The molecule has 0 bridgehead atoms. The third-order valence-corrected chi connectivity index (χ3v) is 2.99. The van der Waals surface area contributed by atoms with Crippen molar-refractivity contribution in [2.75, 3.05) is 6.26 Å². The minimum atomic E-state index is -3.78. The minimum absolute atomic E-state index is 0.388. The van der Waals surface area contributed by atoms with Gasteiger partial charge in [0.2, 0.25) is 5.91 Å². The summed E-state index contributed by atoms with van der Waals surface area (Å²) in [5.41, 5.74) is 4.13. The van der Waals surface area contributed by atoms with Crippen molar-refractivity contribution < 1.29 is 17.6 Å². The van der Waals surface area contributed by atoms with Crippen LogP contribution in [0.3, 0.4) is 0 Å². The predicted octanol–water partition coefficient (Wildman–Crippen LogP) is 0.200. The number of amides is 1. The zero-order valence-electron chi connectivity index (χ0n) is 8.19. The number of benzene rings is 1. The number of carbonyl (C=O) groups is 1. The first-order valence-electron chi connectivity index (χ1n) is 4.01. The number of halogens is 1. The van der Waals surface area contributed by atoms with E-state index in [2.05, 4.69) is 0 Å². The van der Waals surface area contributed by atoms with Crippen LogP contribution in [0.25, 0.3) is 0 Å². The van der Waals surface area contributed by atoms with Gasteiger partial charge in [0, 0.05) is 6.26 Å². The number of primary amides is 1. The van der Waals surface area contributed by atoms with E-state index in [0.717, 1.165) is 12.3 Å². The molecule has 16 heavy (non-hydrogen) atoms. The second-order valence-electron chi connectivity index (χ2n) is 3.08. The van der Waals surface area contributed by atoms with Crippen LogP contribution in [0.1, 0.15) is 15.9 Å². The quantitative estimate of drug-likeness (QED) is 0.800. The molecule has 5 nitrogen and oxygen atoms in total. The van der Waals surface area contributed by atoms with E-state index in [-0.39, 0.29) is 5.56 Å². The van der Waals surface area contributed by atoms with Gasteiger partial charge in [-0.1, -0.05) is 0 Å². The van der Waals surface area contributed by atoms with E-state index in [0.29, 0.717) is 6.07 Å². The van der Waals surface area contributed by atoms with Crippen LogP contribution < -0.4 is 5.73 Å². The number of nitrogens with zero attached hydrogens (tertiary/aromatic N) is 1. The van der Waals surface area contributed by atoms with Crippen molar-refractivity contribution in [1.82, 2.24) is 0 Å². The summed E-state index contributed by atoms with van der Waals surface area (Å²) in [4.78, 5) is 10.5. The Hall–Kier alpha value is -1.94. The fraction of sp³-hybridized carbons (Fsp3) is 0.111. The maximum absolute atomic E-state index is 13.2. The smallest absolute Gasteiger partial charge is 0.250 e. The first kappa shape index (κ1) is 12.1. The highest BCUT2D eigenvalue weighted by atomic mass is 32.2. The molecular formula is C9H7FN2O3S. The zero-order chi connectivity index (χ0) is 12.5. The van der Waals surface area contributed by atoms with Crippen LogP contribution in [0.15, 0.2) is 17.0 Å². The maximum atomic E-state index is 13.2. The van der Waals surface area contributed by atoms with Crippen LogP contribution in [-0.4, -0.2) is 20.6 Å². The van der Waals surface area contributed by atoms with Gasteiger partial charge in [-0.15, -0.1) is 0 Å². The lowest BCUT2D eigenvalue weighted by Gasteiger charge is -2.05. The highest BCUT2D eigenvalue weighted by Gasteiger charge is 2.20. The molecule has 0 radical (unpaired) electrons. The Morgan fingerprint density at radius 3 is 2.44 bits per heavy atom. The topological polar surface area (TPSA) is 101 Å². The fourth-order valence-electron chi connectivity index (χ4n) is 1.14. The third kappa shape index (κ3) is 2.17. The molecule has 1 aromatic carbocycles. The van der Waals surface area contributed by atoms with E-state index >= 15 is 0 Å². The average molecular weight is 242 g/mol. The van der Waals surface area contributed by atoms with E-state index < -0.39 is 32.0 Å². The number of hydrogen-bond acceptors (Lipinski definition) is 4. The number of carbonyl (C=O) groups excluding carboxylic acids is 1. The van der Waals surface area contributed by atoms with Crippen LogP contribution in [0, 0.1) is 17.1 Å². The van der Waals surface area contributed by atoms with Gasteiger partial charge in [0.25, 0.3) is 0 Å². The molecule has 0 aromatic heterocycles. The number of nitrogens with two attached hydrogens (primary N) is 1. The number of hydrogen-bond donors (Lipinski definition) is 1. The molecule has 0 unspecified atom stereocenters. The zero-order valence-corrected chi connectivity index (χ0v) is 9.01. The van der Waals surface area contributed by atoms with Gasteiger partial charge in [-0.05, 0) is 12.1 Å². The van der Waals surface area contributed by atoms with Crippen molar-refractivity contribution in [2.24, 2.45) is 5.73 Å². The van der Waals surface area contributed by atoms with Crippen molar-refractivity contribution >= 4 is 15.7 Å². The van der Waals surface area contributed by atoms with Gasteiger partial charge in [0.1, 0.15) is 11.9 Å². The monoisotopic (exact) mass is 242 g/mol. The molecule has 0 aliphatic carbocycles. The third-order valence-electron chi connectivity index (χ3n) is 1.85. The van der Waals surface area contributed by atoms with Crippen LogP contribution >= 0.6 is 0 Å². The van der Waals surface area contributed by atoms with Gasteiger partial charge in [0.05, 0.1) is 16.0 Å². The SMILES string of the molecule is CS(=O)(=O)c1cc(F)c(C#N)cc1C(N)=O. The molecule has 7 heteroatoms. The van der Waals surface area contributed by atoms with Crippen molar-refractivity contribution in [3.05, 3.63) is 29.1 Å². The number of rotatable bonds is 2. The van der Waals surface area contributed by atoms with Crippen LogP contribution in [-0.2, 0) is 9.84 Å². The highest BCUT2D eigenvalue weighted by molar-refractivity contribution is 7.90. The second kappa shape index (κ2) is 3.90. The van der Waals surface area contributed by atoms with Crippen molar-refractivity contribution in [2.45, 2.75) is 4.90 Å². The minimum Gasteiger partial charge on any atom is -0.366 e. The van der Waals surface area contributed by atoms with E-state index in [4.69, 9.17) is 11.0 Å². The molecule has 0 spiro atoms. The van der Waals surface area contributed by atoms with E-state index in [1.54, 1.807) is 0 Å². The van der Waals surface area contributed by atoms with Gasteiger partial charge in [0.15, 0.2) is 9.84 Å². The summed E-state index contributed by atoms with van der Waals surface area (Å²) in [6, 6.07) is 2.94. The van der Waals surface area contributed by atoms with E-state index in [1.165, 1.54) is 6.07 Å². The predicted molar refractivity (Wildman–Crippen MR) is 52.7 cm³/mol. The van der Waals surface area contributed by atoms with Crippen molar-refractivity contribution in [3.8, 4) is 6.07 Å². The fourth-order valence-corrected chi connectivity index (χ4v) is 2.02. The summed E-state index contributed by atoms with van der Waals surface area (Å²) < 4.78 is 35.7. The molecular weight excluding hydrogens is 235 g/mol. The lowest BCUT2D eigenvalue weighted by Crippen LogP contribution is -2.16. The van der Waals surface area contributed by atoms with Gasteiger partial charge < -0.3 is 5.73 Å². The molecule has 0 saturated heterocycles. The van der Waals surface area contributed by atoms with Crippen LogP contribution in [0.2, 0.25) is 0 Å². The van der Waals surface area contributed by atoms with E-state index in [1.807, 2.05) is 0 Å². The Morgan fingerprint density at radius 1 is 1.50 bits per heavy atom. The maximum Gasteiger partial charge on any atom is 0.250 e. The lowest BCUT2D eigenvalue weighted by atomic mass is 10.1. The average Bonchev–Trinajstić information content (AvgIpc) is 2.15. The summed E-state index contributed by atoms with van der Waals surface area (Å²) in [7, 11) is -3.78. The normalized spacial score (nSPS) is 10.8. The largest absolute Gasteiger partial charge is 0.366 e. The Morgan fingerprint density at radius 2 is 2.06 bits per heavy atom. The number of sulfone groups is 1. The Bertz CT molecular complexity index is 602. The standard InChI is InChI=1S/C9H7FN2O3S/c1-16(14,15)8-3-7(10)5(4-11)2-6(8)9(12)13/h2-3H,1H3,(H2,12,13). The molecule has 84 valence electrons. The molecule has 0 heterocycles. The summed E-state index contributed by atoms with van der Waals surface area (Å²) in [6.07, 6.45) is 0.820. The highest BCUT2D eigenvalue weighted by Crippen LogP contribution is 2.19. The molecule has 0 fully saturated rings. The van der Waals surface area contributed by atoms with E-state index in [9.17, 15) is 17.6 Å². The first-order chi connectivity index (χ1) is 7.27. The summed E-state index contributed by atoms with van der Waals surface area (Å²) >= 11 is 0. The van der Waals surface area contributed by atoms with Gasteiger partial charge in [-0.25, -0.2) is 12.8 Å². The summed E-state index contributed by atoms with van der Waals surface area (Å²) in [5, 5.41) is 8.53. The summed E-state index contributed by atoms with van der Waals surface area (Å²) in [6.45, 7) is 0. The van der Waals surface area contributed by atoms with Gasteiger partial charge in [-0.2, -0.15) is 5.26 Å². The van der Waals surface area contributed by atoms with Crippen LogP contribution in [0.4, 0.5) is 4.39 Å². The molecule has 1 aromatic rings. The molecule has 0 saturated carbocycles. The van der Waals surface area contributed by atoms with Crippen molar-refractivity contribution in [3.63, 3.8) is 0 Å².